The first-order valence-electron chi connectivity index (χ1n) is 8.62. The molecule has 0 spiro atoms. The second-order valence-electron chi connectivity index (χ2n) is 6.23. The van der Waals surface area contributed by atoms with E-state index in [-0.39, 0.29) is 0 Å². The second-order valence-corrected chi connectivity index (χ2v) is 8.48. The van der Waals surface area contributed by atoms with E-state index in [9.17, 15) is 10.4 Å². The number of para-hydroxylation sites is 1. The first-order valence-corrected chi connectivity index (χ1v) is 10.4. The third-order valence-electron chi connectivity index (χ3n) is 4.19. The van der Waals surface area contributed by atoms with Gasteiger partial charge in [-0.25, -0.2) is 4.98 Å². The molecule has 1 heterocycles. The fourth-order valence-electron chi connectivity index (χ4n) is 2.72. The van der Waals surface area contributed by atoms with Crippen LogP contribution in [-0.4, -0.2) is 10.1 Å². The number of phenolic OH excluding ortho intramolecular Hbond substituents is 1. The maximum atomic E-state index is 10.6. The average Bonchev–Trinajstić information content (AvgIpc) is 3.08. The number of fused-ring (bicyclic) bond motifs is 1. The molecule has 5 heteroatoms. The lowest BCUT2D eigenvalue weighted by atomic mass is 10.00. The molecule has 3 aromatic rings. The minimum Gasteiger partial charge on any atom is -0.507 e. The topological polar surface area (TPSA) is 56.9 Å². The number of thiazole rings is 1. The van der Waals surface area contributed by atoms with Crippen LogP contribution in [-0.2, 0) is 12.2 Å². The molecule has 0 aliphatic heterocycles. The minimum absolute atomic E-state index is 0.331. The molecule has 0 saturated heterocycles. The Labute approximate surface area is 167 Å². The standard InChI is InChI=1S/C22H20N2OS2/c1-4-16-9-15(10-17(12-23)14(2)3)11-18(21(16)25)13-26-22-24-19-7-5-6-8-20(19)27-22/h5-11,25H,2,4,13H2,1,3H3/b17-10+. The van der Waals surface area contributed by atoms with Crippen molar-refractivity contribution in [2.75, 3.05) is 0 Å². The van der Waals surface area contributed by atoms with Crippen molar-refractivity contribution < 1.29 is 5.11 Å². The van der Waals surface area contributed by atoms with E-state index in [2.05, 4.69) is 23.7 Å². The van der Waals surface area contributed by atoms with Gasteiger partial charge in [0.25, 0.3) is 0 Å². The SMILES string of the molecule is C=C(C)/C(C#N)=C/c1cc(CC)c(O)c(CSc2nc3ccccc3s2)c1. The molecule has 3 rings (SSSR count). The summed E-state index contributed by atoms with van der Waals surface area (Å²) in [5.41, 5.74) is 4.91. The molecule has 0 atom stereocenters. The predicted molar refractivity (Wildman–Crippen MR) is 115 cm³/mol. The number of rotatable bonds is 6. The zero-order valence-corrected chi connectivity index (χ0v) is 17.0. The van der Waals surface area contributed by atoms with Crippen molar-refractivity contribution in [2.45, 2.75) is 30.4 Å². The third-order valence-corrected chi connectivity index (χ3v) is 6.42. The number of allylic oxidation sites excluding steroid dienone is 2. The molecular weight excluding hydrogens is 372 g/mol. The van der Waals surface area contributed by atoms with E-state index >= 15 is 0 Å². The molecule has 0 radical (unpaired) electrons. The largest absolute Gasteiger partial charge is 0.507 e. The van der Waals surface area contributed by atoms with Crippen molar-refractivity contribution in [1.29, 1.82) is 5.26 Å². The van der Waals surface area contributed by atoms with Gasteiger partial charge in [-0.05, 0) is 60.4 Å². The van der Waals surface area contributed by atoms with Crippen molar-refractivity contribution in [3.8, 4) is 11.8 Å². The van der Waals surface area contributed by atoms with Crippen molar-refractivity contribution in [3.63, 3.8) is 0 Å². The number of hydrogen-bond donors (Lipinski definition) is 1. The lowest BCUT2D eigenvalue weighted by Gasteiger charge is -2.10. The average molecular weight is 393 g/mol. The zero-order chi connectivity index (χ0) is 19.4. The Balaban J connectivity index is 1.90. The van der Waals surface area contributed by atoms with Gasteiger partial charge in [0.2, 0.25) is 0 Å². The Bertz CT molecular complexity index is 1040. The molecular formula is C22H20N2OS2. The fourth-order valence-corrected chi connectivity index (χ4v) is 4.76. The van der Waals surface area contributed by atoms with Gasteiger partial charge in [-0.2, -0.15) is 5.26 Å². The van der Waals surface area contributed by atoms with E-state index in [0.717, 1.165) is 43.2 Å². The molecule has 0 bridgehead atoms. The highest BCUT2D eigenvalue weighted by molar-refractivity contribution is 8.00. The molecule has 0 amide bonds. The summed E-state index contributed by atoms with van der Waals surface area (Å²) in [6, 6.07) is 14.1. The maximum absolute atomic E-state index is 10.6. The number of aromatic nitrogens is 1. The Morgan fingerprint density at radius 1 is 1.33 bits per heavy atom. The van der Waals surface area contributed by atoms with E-state index in [0.29, 0.717) is 17.1 Å². The first kappa shape index (κ1) is 19.2. The van der Waals surface area contributed by atoms with E-state index in [1.807, 2.05) is 50.3 Å². The van der Waals surface area contributed by atoms with Gasteiger partial charge >= 0.3 is 0 Å². The van der Waals surface area contributed by atoms with Crippen LogP contribution in [0, 0.1) is 11.3 Å². The fraction of sp³-hybridized carbons (Fsp3) is 0.182. The van der Waals surface area contributed by atoms with Gasteiger partial charge in [0, 0.05) is 11.3 Å². The first-order chi connectivity index (χ1) is 13.0. The highest BCUT2D eigenvalue weighted by Crippen LogP contribution is 2.35. The van der Waals surface area contributed by atoms with Crippen LogP contribution in [0.25, 0.3) is 16.3 Å². The summed E-state index contributed by atoms with van der Waals surface area (Å²) < 4.78 is 2.14. The highest BCUT2D eigenvalue weighted by atomic mass is 32.2. The van der Waals surface area contributed by atoms with Crippen LogP contribution < -0.4 is 0 Å². The van der Waals surface area contributed by atoms with Crippen LogP contribution in [0.2, 0.25) is 0 Å². The number of nitriles is 1. The van der Waals surface area contributed by atoms with Gasteiger partial charge in [-0.3, -0.25) is 0 Å². The molecule has 0 unspecified atom stereocenters. The van der Waals surface area contributed by atoms with Gasteiger partial charge in [0.05, 0.1) is 21.9 Å². The quantitative estimate of drug-likeness (QED) is 0.302. The number of nitrogens with zero attached hydrogens (tertiary/aromatic N) is 2. The van der Waals surface area contributed by atoms with E-state index < -0.39 is 0 Å². The van der Waals surface area contributed by atoms with E-state index in [1.54, 1.807) is 23.1 Å². The minimum atomic E-state index is 0.331. The number of benzene rings is 2. The lowest BCUT2D eigenvalue weighted by Crippen LogP contribution is -1.92. The Morgan fingerprint density at radius 3 is 2.74 bits per heavy atom. The molecule has 27 heavy (non-hydrogen) atoms. The van der Waals surface area contributed by atoms with Gasteiger partial charge in [0.1, 0.15) is 5.75 Å². The van der Waals surface area contributed by atoms with Crippen molar-refractivity contribution in [1.82, 2.24) is 4.98 Å². The van der Waals surface area contributed by atoms with Crippen LogP contribution in [0.3, 0.4) is 0 Å². The molecule has 1 N–H and O–H groups in total. The summed E-state index contributed by atoms with van der Waals surface area (Å²) in [5.74, 6) is 0.951. The maximum Gasteiger partial charge on any atom is 0.151 e. The molecule has 136 valence electrons. The molecule has 1 aromatic heterocycles. The lowest BCUT2D eigenvalue weighted by molar-refractivity contribution is 0.464. The summed E-state index contributed by atoms with van der Waals surface area (Å²) >= 11 is 3.27. The summed E-state index contributed by atoms with van der Waals surface area (Å²) in [5, 5.41) is 19.9. The smallest absolute Gasteiger partial charge is 0.151 e. The Hall–Kier alpha value is -2.55. The molecule has 3 nitrogen and oxygen atoms in total. The van der Waals surface area contributed by atoms with Gasteiger partial charge < -0.3 is 5.11 Å². The molecule has 0 fully saturated rings. The van der Waals surface area contributed by atoms with Gasteiger partial charge in [0.15, 0.2) is 4.34 Å². The highest BCUT2D eigenvalue weighted by Gasteiger charge is 2.11. The van der Waals surface area contributed by atoms with Crippen LogP contribution in [0.1, 0.15) is 30.5 Å². The molecule has 0 aliphatic carbocycles. The summed E-state index contributed by atoms with van der Waals surface area (Å²) in [6.45, 7) is 7.68. The number of hydrogen-bond acceptors (Lipinski definition) is 5. The van der Waals surface area contributed by atoms with E-state index in [1.165, 1.54) is 0 Å². The van der Waals surface area contributed by atoms with Crippen molar-refractivity contribution in [2.24, 2.45) is 0 Å². The van der Waals surface area contributed by atoms with Crippen molar-refractivity contribution in [3.05, 3.63) is 70.8 Å². The normalized spacial score (nSPS) is 11.5. The molecule has 0 aliphatic rings. The third kappa shape index (κ3) is 4.41. The summed E-state index contributed by atoms with van der Waals surface area (Å²) in [4.78, 5) is 4.64. The van der Waals surface area contributed by atoms with Crippen LogP contribution in [0.15, 0.2) is 58.5 Å². The van der Waals surface area contributed by atoms with Crippen molar-refractivity contribution >= 4 is 39.4 Å². The molecule has 0 saturated carbocycles. The van der Waals surface area contributed by atoms with E-state index in [4.69, 9.17) is 0 Å². The second kappa shape index (κ2) is 8.43. The number of aryl methyl sites for hydroxylation is 1. The summed E-state index contributed by atoms with van der Waals surface area (Å²) in [6.07, 6.45) is 2.55. The Kier molecular flexibility index (Phi) is 6.00. The predicted octanol–water partition coefficient (Wildman–Crippen LogP) is 6.34. The number of phenols is 1. The summed E-state index contributed by atoms with van der Waals surface area (Å²) in [7, 11) is 0. The number of aromatic hydroxyl groups is 1. The zero-order valence-electron chi connectivity index (χ0n) is 15.3. The molecule has 2 aromatic carbocycles. The van der Waals surface area contributed by atoms with Crippen LogP contribution in [0.5, 0.6) is 5.75 Å². The number of thioether (sulfide) groups is 1. The Morgan fingerprint density at radius 2 is 2.07 bits per heavy atom. The van der Waals surface area contributed by atoms with Gasteiger partial charge in [-0.1, -0.05) is 37.4 Å². The monoisotopic (exact) mass is 392 g/mol. The van der Waals surface area contributed by atoms with Crippen LogP contribution in [0.4, 0.5) is 0 Å². The van der Waals surface area contributed by atoms with Gasteiger partial charge in [-0.15, -0.1) is 11.3 Å². The van der Waals surface area contributed by atoms with Crippen LogP contribution >= 0.6 is 23.1 Å².